The summed E-state index contributed by atoms with van der Waals surface area (Å²) in [7, 11) is 0. The summed E-state index contributed by atoms with van der Waals surface area (Å²) < 4.78 is 2.01. The lowest BCUT2D eigenvalue weighted by Crippen LogP contribution is -2.26. The van der Waals surface area contributed by atoms with Gasteiger partial charge in [-0.05, 0) is 66.9 Å². The quantitative estimate of drug-likeness (QED) is 0.179. The summed E-state index contributed by atoms with van der Waals surface area (Å²) in [5.74, 6) is -1.28. The van der Waals surface area contributed by atoms with Crippen LogP contribution in [0.15, 0.2) is 97.1 Å². The molecule has 0 aliphatic heterocycles. The van der Waals surface area contributed by atoms with Gasteiger partial charge in [-0.15, -0.1) is 0 Å². The number of carbonyl (C=O) groups excluding carboxylic acids is 1. The number of carbonyl (C=O) groups is 2. The molecule has 1 unspecified atom stereocenters. The number of halogens is 2. The fourth-order valence-corrected chi connectivity index (χ4v) is 5.55. The highest BCUT2D eigenvalue weighted by Crippen LogP contribution is 2.38. The number of hydrogen-bond donors (Lipinski definition) is 2. The van der Waals surface area contributed by atoms with Gasteiger partial charge < -0.3 is 10.4 Å². The van der Waals surface area contributed by atoms with Crippen molar-refractivity contribution in [3.8, 4) is 33.6 Å². The van der Waals surface area contributed by atoms with E-state index in [1.807, 2.05) is 53.2 Å². The highest BCUT2D eigenvalue weighted by Gasteiger charge is 2.23. The summed E-state index contributed by atoms with van der Waals surface area (Å²) in [4.78, 5) is 23.3. The Labute approximate surface area is 254 Å². The Morgan fingerprint density at radius 1 is 0.833 bits per heavy atom. The van der Waals surface area contributed by atoms with Crippen LogP contribution < -0.4 is 5.32 Å². The lowest BCUT2D eigenvalue weighted by molar-refractivity contribution is -0.136. The zero-order chi connectivity index (χ0) is 29.8. The molecular weight excluding hydrogens is 569 g/mol. The number of carboxylic acids is 1. The molecule has 0 saturated heterocycles. The van der Waals surface area contributed by atoms with Gasteiger partial charge in [-0.1, -0.05) is 83.9 Å². The van der Waals surface area contributed by atoms with Crippen molar-refractivity contribution >= 4 is 35.1 Å². The number of carboxylic acid groups (broad SMARTS) is 1. The molecule has 0 bridgehead atoms. The van der Waals surface area contributed by atoms with E-state index in [4.69, 9.17) is 33.4 Å². The first-order valence-electron chi connectivity index (χ1n) is 13.5. The molecule has 2 N–H and O–H groups in total. The van der Waals surface area contributed by atoms with Crippen molar-refractivity contribution in [3.05, 3.63) is 124 Å². The van der Waals surface area contributed by atoms with Gasteiger partial charge in [0.2, 0.25) is 0 Å². The summed E-state index contributed by atoms with van der Waals surface area (Å²) in [5, 5.41) is 17.6. The Morgan fingerprint density at radius 2 is 1.48 bits per heavy atom. The maximum Gasteiger partial charge on any atom is 0.305 e. The van der Waals surface area contributed by atoms with Crippen molar-refractivity contribution < 1.29 is 14.7 Å². The fourth-order valence-electron chi connectivity index (χ4n) is 5.03. The molecule has 1 atom stereocenters. The Kier molecular flexibility index (Phi) is 8.76. The van der Waals surface area contributed by atoms with Crippen LogP contribution in [0.2, 0.25) is 10.0 Å². The molecule has 6 nitrogen and oxygen atoms in total. The average molecular weight is 599 g/mol. The third-order valence-electron chi connectivity index (χ3n) is 7.17. The molecule has 5 rings (SSSR count). The topological polar surface area (TPSA) is 84.2 Å². The third kappa shape index (κ3) is 6.40. The van der Waals surface area contributed by atoms with E-state index in [-0.39, 0.29) is 24.9 Å². The van der Waals surface area contributed by atoms with Crippen LogP contribution in [0.1, 0.15) is 40.9 Å². The fraction of sp³-hybridized carbons (Fsp3) is 0.147. The van der Waals surface area contributed by atoms with Crippen molar-refractivity contribution in [1.29, 1.82) is 0 Å². The number of nitrogens with zero attached hydrogens (tertiary/aromatic N) is 2. The molecule has 1 heterocycles. The van der Waals surface area contributed by atoms with Gasteiger partial charge in [0.1, 0.15) is 0 Å². The summed E-state index contributed by atoms with van der Waals surface area (Å²) in [5.41, 5.74) is 8.19. The predicted molar refractivity (Wildman–Crippen MR) is 168 cm³/mol. The molecule has 0 aliphatic rings. The van der Waals surface area contributed by atoms with Gasteiger partial charge in [0.25, 0.3) is 5.91 Å². The normalized spacial score (nSPS) is 11.7. The van der Waals surface area contributed by atoms with Crippen LogP contribution in [0.25, 0.3) is 33.6 Å². The van der Waals surface area contributed by atoms with E-state index in [9.17, 15) is 9.59 Å². The first kappa shape index (κ1) is 29.1. The van der Waals surface area contributed by atoms with E-state index in [1.54, 1.807) is 18.2 Å². The maximum absolute atomic E-state index is 12.5. The minimum atomic E-state index is -0.960. The van der Waals surface area contributed by atoms with Crippen LogP contribution in [0.4, 0.5) is 0 Å². The van der Waals surface area contributed by atoms with Gasteiger partial charge in [0.15, 0.2) is 0 Å². The van der Waals surface area contributed by atoms with Crippen LogP contribution in [-0.2, 0) is 4.79 Å². The van der Waals surface area contributed by atoms with Crippen molar-refractivity contribution in [1.82, 2.24) is 15.1 Å². The van der Waals surface area contributed by atoms with E-state index in [0.717, 1.165) is 44.8 Å². The van der Waals surface area contributed by atoms with Crippen LogP contribution in [0.3, 0.4) is 0 Å². The number of aromatic nitrogens is 2. The molecule has 8 heteroatoms. The lowest BCUT2D eigenvalue weighted by atomic mass is 9.98. The van der Waals surface area contributed by atoms with Gasteiger partial charge in [0, 0.05) is 38.8 Å². The van der Waals surface area contributed by atoms with Crippen LogP contribution >= 0.6 is 23.2 Å². The van der Waals surface area contributed by atoms with E-state index in [0.29, 0.717) is 15.6 Å². The highest BCUT2D eigenvalue weighted by molar-refractivity contribution is 6.35. The second kappa shape index (κ2) is 12.6. The maximum atomic E-state index is 12.5. The first-order valence-corrected chi connectivity index (χ1v) is 14.3. The predicted octanol–water partition coefficient (Wildman–Crippen LogP) is 8.31. The Hall–Kier alpha value is -4.39. The van der Waals surface area contributed by atoms with Crippen molar-refractivity contribution in [2.75, 3.05) is 6.54 Å². The summed E-state index contributed by atoms with van der Waals surface area (Å²) in [6.45, 7) is 4.18. The number of aliphatic carboxylic acids is 1. The average Bonchev–Trinajstić information content (AvgIpc) is 3.33. The third-order valence-corrected chi connectivity index (χ3v) is 7.61. The first-order chi connectivity index (χ1) is 20.2. The Balaban J connectivity index is 1.56. The van der Waals surface area contributed by atoms with E-state index < -0.39 is 5.97 Å². The van der Waals surface area contributed by atoms with E-state index in [1.165, 1.54) is 0 Å². The second-order valence-corrected chi connectivity index (χ2v) is 10.9. The minimum absolute atomic E-state index is 0.0700. The summed E-state index contributed by atoms with van der Waals surface area (Å²) in [6, 6.07) is 31.1. The summed E-state index contributed by atoms with van der Waals surface area (Å²) in [6.07, 6.45) is -0.131. The molecule has 212 valence electrons. The minimum Gasteiger partial charge on any atom is -0.481 e. The number of benzene rings is 4. The van der Waals surface area contributed by atoms with Crippen molar-refractivity contribution in [3.63, 3.8) is 0 Å². The SMILES string of the molecule is Cc1c(-c2cc(Cl)cc(Cl)c2)nn(C(C)c2ccc(C(=O)NCCC(=O)O)cc2)c1-c1cccc(-c2ccccc2)c1. The molecule has 42 heavy (non-hydrogen) atoms. The molecule has 0 aliphatic carbocycles. The zero-order valence-corrected chi connectivity index (χ0v) is 24.7. The van der Waals surface area contributed by atoms with Gasteiger partial charge in [-0.25, -0.2) is 0 Å². The van der Waals surface area contributed by atoms with Crippen molar-refractivity contribution in [2.24, 2.45) is 0 Å². The molecule has 5 aromatic rings. The monoisotopic (exact) mass is 597 g/mol. The molecule has 4 aromatic carbocycles. The second-order valence-electron chi connectivity index (χ2n) is 10.1. The van der Waals surface area contributed by atoms with Crippen LogP contribution in [0.5, 0.6) is 0 Å². The van der Waals surface area contributed by atoms with Crippen LogP contribution in [-0.4, -0.2) is 33.3 Å². The van der Waals surface area contributed by atoms with Gasteiger partial charge in [-0.3, -0.25) is 14.3 Å². The summed E-state index contributed by atoms with van der Waals surface area (Å²) >= 11 is 12.7. The van der Waals surface area contributed by atoms with Crippen LogP contribution in [0, 0.1) is 6.92 Å². The molecule has 0 saturated carbocycles. The van der Waals surface area contributed by atoms with Gasteiger partial charge in [0.05, 0.1) is 23.9 Å². The van der Waals surface area contributed by atoms with Crippen molar-refractivity contribution in [2.45, 2.75) is 26.3 Å². The molecule has 1 aromatic heterocycles. The molecule has 0 fully saturated rings. The molecule has 0 radical (unpaired) electrons. The Morgan fingerprint density at radius 3 is 2.14 bits per heavy atom. The number of hydrogen-bond acceptors (Lipinski definition) is 3. The van der Waals surface area contributed by atoms with E-state index in [2.05, 4.69) is 49.5 Å². The lowest BCUT2D eigenvalue weighted by Gasteiger charge is -2.18. The largest absolute Gasteiger partial charge is 0.481 e. The van der Waals surface area contributed by atoms with Gasteiger partial charge in [-0.2, -0.15) is 5.10 Å². The molecular formula is C34H29Cl2N3O3. The zero-order valence-electron chi connectivity index (χ0n) is 23.1. The Bertz CT molecular complexity index is 1730. The van der Waals surface area contributed by atoms with E-state index >= 15 is 0 Å². The molecule has 0 spiro atoms. The number of amides is 1. The smallest absolute Gasteiger partial charge is 0.305 e. The standard InChI is InChI=1S/C34H29Cl2N3O3/c1-21-32(28-18-29(35)20-30(36)19-28)38-39(33(21)27-10-6-9-26(17-27)24-7-4-3-5-8-24)22(2)23-11-13-25(14-12-23)34(42)37-16-15-31(40)41/h3-14,17-20,22H,15-16H2,1-2H3,(H,37,42)(H,40,41). The van der Waals surface area contributed by atoms with Gasteiger partial charge >= 0.3 is 5.97 Å². The highest BCUT2D eigenvalue weighted by atomic mass is 35.5. The number of rotatable bonds is 9. The molecule has 1 amide bonds. The number of nitrogens with one attached hydrogen (secondary N) is 1.